The summed E-state index contributed by atoms with van der Waals surface area (Å²) < 4.78 is 41.2. The first-order valence-corrected chi connectivity index (χ1v) is 47.4. The van der Waals surface area contributed by atoms with E-state index in [1.165, 1.54) is 0 Å². The molecule has 0 bridgehead atoms. The number of rotatable bonds is 26. The molecule has 2 fully saturated rings. The summed E-state index contributed by atoms with van der Waals surface area (Å²) in [6, 6.07) is 16.4. The molecule has 0 saturated carbocycles. The van der Waals surface area contributed by atoms with E-state index >= 15 is 0 Å². The number of hydrogen-bond donors (Lipinski definition) is 1. The van der Waals surface area contributed by atoms with E-state index in [9.17, 15) is 14.7 Å². The molecule has 6 heterocycles. The maximum absolute atomic E-state index is 13.1. The van der Waals surface area contributed by atoms with Crippen LogP contribution in [-0.4, -0.2) is 179 Å². The Morgan fingerprint density at radius 2 is 0.943 bits per heavy atom. The molecule has 2 saturated heterocycles. The zero-order valence-electron chi connectivity index (χ0n) is 56.2. The van der Waals surface area contributed by atoms with E-state index in [0.717, 1.165) is 118 Å². The van der Waals surface area contributed by atoms with Crippen LogP contribution in [0.4, 0.5) is 21.2 Å². The third-order valence-corrected chi connectivity index (χ3v) is 22.5. The number of carbonyl (C=O) groups excluding carboxylic acids is 2. The molecule has 19 nitrogen and oxygen atoms in total. The van der Waals surface area contributed by atoms with Crippen LogP contribution in [-0.2, 0) is 35.0 Å². The fourth-order valence-electron chi connectivity index (χ4n) is 9.74. The summed E-state index contributed by atoms with van der Waals surface area (Å²) in [5, 5.41) is 19.1. The minimum Gasteiger partial charge on any atom is -0.444 e. The number of hydrogen-bond acceptors (Lipinski definition) is 15. The lowest BCUT2D eigenvalue weighted by Gasteiger charge is -2.34. The molecule has 0 radical (unpaired) electrons. The molecule has 87 heavy (non-hydrogen) atoms. The molecule has 0 spiro atoms. The third kappa shape index (κ3) is 24.0. The Balaban J connectivity index is 0.000000282. The number of likely N-dealkylation sites (tertiary alicyclic amines) is 2. The zero-order valence-corrected chi connectivity index (χ0v) is 62.3. The summed E-state index contributed by atoms with van der Waals surface area (Å²) >= 11 is 2.29. The van der Waals surface area contributed by atoms with Crippen LogP contribution < -0.4 is 9.80 Å². The van der Waals surface area contributed by atoms with Crippen LogP contribution >= 0.6 is 22.6 Å². The zero-order chi connectivity index (χ0) is 64.1. The van der Waals surface area contributed by atoms with Gasteiger partial charge in [-0.15, -0.1) is 0 Å². The molecule has 486 valence electrons. The van der Waals surface area contributed by atoms with Crippen molar-refractivity contribution in [2.45, 2.75) is 200 Å². The third-order valence-electron chi connectivity index (χ3n) is 15.0. The van der Waals surface area contributed by atoms with Gasteiger partial charge in [0.2, 0.25) is 0 Å². The molecule has 1 N–H and O–H groups in total. The van der Waals surface area contributed by atoms with Gasteiger partial charge in [-0.05, 0) is 125 Å². The molecule has 2 amide bonds. The van der Waals surface area contributed by atoms with Crippen molar-refractivity contribution in [2.24, 2.45) is 0 Å². The lowest BCUT2D eigenvalue weighted by atomic mass is 9.94. The summed E-state index contributed by atoms with van der Waals surface area (Å²) in [6.45, 7) is 46.6. The smallest absolute Gasteiger partial charge is 0.410 e. The van der Waals surface area contributed by atoms with E-state index in [4.69, 9.17) is 43.5 Å². The van der Waals surface area contributed by atoms with Crippen molar-refractivity contribution in [2.75, 3.05) is 89.3 Å². The summed E-state index contributed by atoms with van der Waals surface area (Å²) in [5.74, 6) is 1.89. The number of anilines is 2. The van der Waals surface area contributed by atoms with Crippen molar-refractivity contribution in [3.8, 4) is 11.1 Å². The van der Waals surface area contributed by atoms with E-state index in [1.807, 2.05) is 97.0 Å². The number of benzene rings is 1. The first kappa shape index (κ1) is 72.1. The number of amides is 2. The monoisotopic (exact) mass is 1390 g/mol. The standard InChI is InChI=1S/C35H57N5O5Si2.C28H50IN5O4Si2/c1-35(2,3)45-34(42)38-16-10-11-29(23-38)31-21-32(39(25-43-17-19-46(4,5)6)26-44-18-20-47(7,8)9)40-33(37-31)30(22-36-40)28-14-12-27(24-41)13-15-28;1-28(2,3)38-27(35)32-12-10-11-22(19-32)24-17-25(34-26(31-24)23(29)18-30-34)33(20-36-13-15-39(4,5)6)21-37-14-16-40(7,8)9/h12-15,21-22,29,41H,10-11,16-20,23-26H2,1-9H3;17-18,22H,10-16,19-21H2,1-9H3. The maximum Gasteiger partial charge on any atom is 0.410 e. The lowest BCUT2D eigenvalue weighted by molar-refractivity contribution is 0.0187. The van der Waals surface area contributed by atoms with Crippen LogP contribution in [0.2, 0.25) is 103 Å². The molecule has 2 aliphatic heterocycles. The van der Waals surface area contributed by atoms with E-state index in [2.05, 4.69) is 128 Å². The van der Waals surface area contributed by atoms with Crippen LogP contribution in [0.5, 0.6) is 0 Å². The highest BCUT2D eigenvalue weighted by Gasteiger charge is 2.33. The summed E-state index contributed by atoms with van der Waals surface area (Å²) in [4.78, 5) is 44.1. The molecule has 24 heteroatoms. The highest BCUT2D eigenvalue weighted by molar-refractivity contribution is 14.1. The first-order valence-electron chi connectivity index (χ1n) is 31.5. The highest BCUT2D eigenvalue weighted by Crippen LogP contribution is 2.35. The summed E-state index contributed by atoms with van der Waals surface area (Å²) in [7, 11) is -4.94. The van der Waals surface area contributed by atoms with Gasteiger partial charge in [0.15, 0.2) is 11.3 Å². The van der Waals surface area contributed by atoms with Gasteiger partial charge in [-0.1, -0.05) is 103 Å². The average molecular weight is 1390 g/mol. The van der Waals surface area contributed by atoms with Crippen molar-refractivity contribution in [3.63, 3.8) is 0 Å². The highest BCUT2D eigenvalue weighted by atomic mass is 127. The molecular weight excluding hydrogens is 1280 g/mol. The number of carbonyl (C=O) groups is 2. The maximum atomic E-state index is 13.1. The van der Waals surface area contributed by atoms with Crippen LogP contribution in [0.1, 0.15) is 96.0 Å². The number of aliphatic hydroxyl groups is 1. The van der Waals surface area contributed by atoms with Crippen LogP contribution in [0, 0.1) is 3.57 Å². The minimum absolute atomic E-state index is 0.0121. The number of nitrogens with zero attached hydrogens (tertiary/aromatic N) is 10. The average Bonchev–Trinajstić information content (AvgIpc) is 2.11. The Morgan fingerprint density at radius 1 is 0.575 bits per heavy atom. The molecule has 0 aliphatic carbocycles. The van der Waals surface area contributed by atoms with Crippen LogP contribution in [0.25, 0.3) is 22.4 Å². The molecule has 7 rings (SSSR count). The Hall–Kier alpha value is -4.00. The van der Waals surface area contributed by atoms with Crippen molar-refractivity contribution in [1.82, 2.24) is 39.0 Å². The Morgan fingerprint density at radius 3 is 1.31 bits per heavy atom. The number of halogens is 1. The predicted molar refractivity (Wildman–Crippen MR) is 370 cm³/mol. The van der Waals surface area contributed by atoms with Crippen LogP contribution in [0.3, 0.4) is 0 Å². The molecule has 1 aromatic carbocycles. The number of aromatic nitrogens is 6. The van der Waals surface area contributed by atoms with Gasteiger partial charge in [-0.2, -0.15) is 19.2 Å². The Bertz CT molecular complexity index is 2940. The van der Waals surface area contributed by atoms with Gasteiger partial charge in [-0.3, -0.25) is 0 Å². The van der Waals surface area contributed by atoms with Gasteiger partial charge in [0.1, 0.15) is 49.8 Å². The summed E-state index contributed by atoms with van der Waals surface area (Å²) in [6.07, 6.45) is 6.81. The van der Waals surface area contributed by atoms with Crippen LogP contribution in [0.15, 0.2) is 48.8 Å². The second-order valence-electron chi connectivity index (χ2n) is 30.5. The predicted octanol–water partition coefficient (Wildman–Crippen LogP) is 14.3. The quantitative estimate of drug-likeness (QED) is 0.0239. The van der Waals surface area contributed by atoms with Crippen molar-refractivity contribution in [3.05, 3.63) is 69.3 Å². The van der Waals surface area contributed by atoms with E-state index in [1.54, 1.807) is 0 Å². The van der Waals surface area contributed by atoms with Gasteiger partial charge < -0.3 is 53.1 Å². The summed E-state index contributed by atoms with van der Waals surface area (Å²) in [5.41, 5.74) is 5.06. The fourth-order valence-corrected chi connectivity index (χ4v) is 13.2. The van der Waals surface area contributed by atoms with Gasteiger partial charge in [0, 0.05) is 114 Å². The van der Waals surface area contributed by atoms with Crippen molar-refractivity contribution < 1.29 is 43.1 Å². The van der Waals surface area contributed by atoms with Crippen molar-refractivity contribution in [1.29, 1.82) is 0 Å². The topological polar surface area (TPSA) is 183 Å². The molecule has 2 aliphatic rings. The SMILES string of the molecule is CC(C)(C)OC(=O)N1CCCC(c2cc(N(COCC[Si](C)(C)C)COCC[Si](C)(C)C)n3ncc(-c4ccc(CO)cc4)c3n2)C1.CC(C)(C)OC(=O)N1CCCC(c2cc(N(COCC[Si](C)(C)C)COCC[Si](C)(C)C)n3ncc(I)c3n2)C1. The number of ether oxygens (including phenoxy) is 6. The van der Waals surface area contributed by atoms with Crippen molar-refractivity contribution >= 4 is 90.0 Å². The lowest BCUT2D eigenvalue weighted by Crippen LogP contribution is -2.42. The molecule has 2 atom stereocenters. The van der Waals surface area contributed by atoms with Gasteiger partial charge in [0.05, 0.1) is 34.0 Å². The normalized spacial score (nSPS) is 16.5. The van der Waals surface area contributed by atoms with Gasteiger partial charge in [0.25, 0.3) is 0 Å². The second kappa shape index (κ2) is 31.3. The fraction of sp³-hybridized carbons (Fsp3) is 0.683. The number of fused-ring (bicyclic) bond motifs is 2. The Labute approximate surface area is 538 Å². The molecular formula is C63H107IN10O9Si4. The number of aliphatic hydroxyl groups excluding tert-OH is 1. The minimum atomic E-state index is -1.26. The first-order chi connectivity index (χ1) is 40.5. The second-order valence-corrected chi connectivity index (χ2v) is 54.1. The van der Waals surface area contributed by atoms with E-state index < -0.39 is 43.5 Å². The Kier molecular flexibility index (Phi) is 26.0. The molecule has 2 unspecified atom stereocenters. The van der Waals surface area contributed by atoms with Gasteiger partial charge in [-0.25, -0.2) is 19.6 Å². The molecule has 5 aromatic rings. The molecule has 4 aromatic heterocycles. The van der Waals surface area contributed by atoms with E-state index in [0.29, 0.717) is 66.3 Å². The number of piperidine rings is 2. The van der Waals surface area contributed by atoms with E-state index in [-0.39, 0.29) is 30.6 Å². The largest absolute Gasteiger partial charge is 0.444 e. The van der Waals surface area contributed by atoms with Gasteiger partial charge >= 0.3 is 12.2 Å².